The number of fused-ring (bicyclic) bond motifs is 1. The third kappa shape index (κ3) is 3.93. The zero-order valence-corrected chi connectivity index (χ0v) is 12.6. The average Bonchev–Trinajstić information content (AvgIpc) is 2.89. The zero-order chi connectivity index (χ0) is 16.2. The summed E-state index contributed by atoms with van der Waals surface area (Å²) in [5, 5.41) is 9.44. The molecule has 0 bridgehead atoms. The van der Waals surface area contributed by atoms with E-state index in [2.05, 4.69) is 22.1 Å². The number of aromatic nitrogens is 3. The number of nitrogens with one attached hydrogen (secondary N) is 1. The molecule has 10 heteroatoms. The van der Waals surface area contributed by atoms with Gasteiger partial charge in [-0.3, -0.25) is 0 Å². The van der Waals surface area contributed by atoms with Crippen LogP contribution in [0.15, 0.2) is 12.7 Å². The first-order valence-electron chi connectivity index (χ1n) is 6.64. The Balaban J connectivity index is 1.88. The number of alkyl halides is 3. The van der Waals surface area contributed by atoms with Gasteiger partial charge in [-0.25, -0.2) is 4.79 Å². The molecule has 2 heterocycles. The van der Waals surface area contributed by atoms with Crippen LogP contribution in [0, 0.1) is 0 Å². The molecule has 2 amide bonds. The number of nitrogens with zero attached hydrogens (tertiary/aromatic N) is 4. The van der Waals surface area contributed by atoms with Crippen LogP contribution in [0.5, 0.6) is 0 Å². The summed E-state index contributed by atoms with van der Waals surface area (Å²) in [6, 6.07) is -0.304. The maximum Gasteiger partial charge on any atom is 0.451 e. The van der Waals surface area contributed by atoms with Crippen molar-refractivity contribution in [1.29, 1.82) is 0 Å². The van der Waals surface area contributed by atoms with E-state index in [4.69, 9.17) is 0 Å². The first-order chi connectivity index (χ1) is 10.4. The fraction of sp³-hybridized carbons (Fsp3) is 0.583. The molecule has 1 aliphatic rings. The number of hydrogen-bond donors (Lipinski definition) is 1. The molecule has 0 unspecified atom stereocenters. The van der Waals surface area contributed by atoms with Crippen molar-refractivity contribution < 1.29 is 18.0 Å². The molecule has 0 aromatic carbocycles. The van der Waals surface area contributed by atoms with Crippen LogP contribution in [-0.4, -0.2) is 50.3 Å². The van der Waals surface area contributed by atoms with E-state index in [0.717, 1.165) is 16.1 Å². The molecule has 0 radical (unpaired) electrons. The van der Waals surface area contributed by atoms with E-state index in [0.29, 0.717) is 6.54 Å². The predicted octanol–water partition coefficient (Wildman–Crippen LogP) is 1.74. The van der Waals surface area contributed by atoms with Gasteiger partial charge in [-0.2, -0.15) is 24.9 Å². The van der Waals surface area contributed by atoms with E-state index >= 15 is 0 Å². The lowest BCUT2D eigenvalue weighted by Crippen LogP contribution is -2.45. The fourth-order valence-corrected chi connectivity index (χ4v) is 2.63. The van der Waals surface area contributed by atoms with E-state index in [-0.39, 0.29) is 31.5 Å². The van der Waals surface area contributed by atoms with Gasteiger partial charge in [0.05, 0.1) is 6.54 Å². The molecule has 0 saturated heterocycles. The number of urea groups is 1. The quantitative estimate of drug-likeness (QED) is 0.658. The Labute approximate surface area is 129 Å². The van der Waals surface area contributed by atoms with E-state index in [1.54, 1.807) is 17.8 Å². The molecule has 0 aliphatic carbocycles. The van der Waals surface area contributed by atoms with Gasteiger partial charge < -0.3 is 14.8 Å². The molecule has 122 valence electrons. The molecule has 2 rings (SSSR count). The largest absolute Gasteiger partial charge is 0.451 e. The number of rotatable bonds is 5. The van der Waals surface area contributed by atoms with Crippen LogP contribution in [0.25, 0.3) is 0 Å². The second-order valence-corrected chi connectivity index (χ2v) is 5.76. The second-order valence-electron chi connectivity index (χ2n) is 4.61. The first kappa shape index (κ1) is 16.7. The molecule has 0 saturated carbocycles. The van der Waals surface area contributed by atoms with Crippen LogP contribution in [-0.2, 0) is 19.3 Å². The van der Waals surface area contributed by atoms with Gasteiger partial charge >= 0.3 is 12.2 Å². The maximum absolute atomic E-state index is 12.7. The van der Waals surface area contributed by atoms with Gasteiger partial charge in [0.15, 0.2) is 5.82 Å². The SMILES string of the molecule is C=CCSCCNC(=O)N1CCn2c(nnc2C(F)(F)F)C1. The number of carbonyl (C=O) groups excluding carboxylic acids is 1. The highest BCUT2D eigenvalue weighted by molar-refractivity contribution is 7.99. The monoisotopic (exact) mass is 335 g/mol. The van der Waals surface area contributed by atoms with Crippen molar-refractivity contribution in [3.8, 4) is 0 Å². The van der Waals surface area contributed by atoms with Crippen molar-refractivity contribution >= 4 is 17.8 Å². The number of halogens is 3. The van der Waals surface area contributed by atoms with Gasteiger partial charge in [-0.15, -0.1) is 16.8 Å². The Hall–Kier alpha value is -1.71. The van der Waals surface area contributed by atoms with Gasteiger partial charge in [-0.05, 0) is 0 Å². The molecule has 1 N–H and O–H groups in total. The predicted molar refractivity (Wildman–Crippen MR) is 76.4 cm³/mol. The number of carbonyl (C=O) groups is 1. The molecule has 0 fully saturated rings. The van der Waals surface area contributed by atoms with Crippen molar-refractivity contribution in [3.05, 3.63) is 24.3 Å². The van der Waals surface area contributed by atoms with Crippen LogP contribution in [0.4, 0.5) is 18.0 Å². The standard InChI is InChI=1S/C12H16F3N5OS/c1-2-6-22-7-3-16-11(21)19-4-5-20-9(8-19)17-18-10(20)12(13,14)15/h2H,1,3-8H2,(H,16,21). The zero-order valence-electron chi connectivity index (χ0n) is 11.8. The Bertz CT molecular complexity index is 545. The van der Waals surface area contributed by atoms with Gasteiger partial charge in [0.2, 0.25) is 5.82 Å². The lowest BCUT2D eigenvalue weighted by molar-refractivity contribution is -0.147. The van der Waals surface area contributed by atoms with Crippen molar-refractivity contribution in [1.82, 2.24) is 25.0 Å². The van der Waals surface area contributed by atoms with Crippen LogP contribution < -0.4 is 5.32 Å². The summed E-state index contributed by atoms with van der Waals surface area (Å²) < 4.78 is 39.1. The van der Waals surface area contributed by atoms with Crippen LogP contribution in [0.1, 0.15) is 11.6 Å². The maximum atomic E-state index is 12.7. The smallest absolute Gasteiger partial charge is 0.337 e. The number of hydrogen-bond acceptors (Lipinski definition) is 4. The summed E-state index contributed by atoms with van der Waals surface area (Å²) in [6.45, 7) is 4.34. The van der Waals surface area contributed by atoms with Crippen LogP contribution in [0.3, 0.4) is 0 Å². The minimum Gasteiger partial charge on any atom is -0.337 e. The van der Waals surface area contributed by atoms with E-state index < -0.39 is 12.0 Å². The lowest BCUT2D eigenvalue weighted by Gasteiger charge is -2.28. The van der Waals surface area contributed by atoms with E-state index in [9.17, 15) is 18.0 Å². The van der Waals surface area contributed by atoms with Crippen molar-refractivity contribution in [2.45, 2.75) is 19.3 Å². The van der Waals surface area contributed by atoms with Gasteiger partial charge in [0, 0.05) is 31.1 Å². The summed E-state index contributed by atoms with van der Waals surface area (Å²) in [6.07, 6.45) is -2.75. The van der Waals surface area contributed by atoms with E-state index in [1.807, 2.05) is 0 Å². The molecule has 1 aliphatic heterocycles. The number of thioether (sulfide) groups is 1. The lowest BCUT2D eigenvalue weighted by atomic mass is 10.3. The Kier molecular flexibility index (Phi) is 5.33. The minimum absolute atomic E-state index is 0.0225. The van der Waals surface area contributed by atoms with Crippen LogP contribution >= 0.6 is 11.8 Å². The summed E-state index contributed by atoms with van der Waals surface area (Å²) in [5.74, 6) is 0.696. The molecular formula is C12H16F3N5OS. The molecular weight excluding hydrogens is 319 g/mol. The Morgan fingerprint density at radius 2 is 2.18 bits per heavy atom. The van der Waals surface area contributed by atoms with Gasteiger partial charge in [0.25, 0.3) is 0 Å². The Morgan fingerprint density at radius 1 is 1.41 bits per heavy atom. The van der Waals surface area contributed by atoms with E-state index in [1.165, 1.54) is 4.90 Å². The molecule has 1 aromatic heterocycles. The molecule has 0 spiro atoms. The third-order valence-electron chi connectivity index (χ3n) is 3.05. The summed E-state index contributed by atoms with van der Waals surface area (Å²) >= 11 is 1.63. The molecule has 1 aromatic rings. The minimum atomic E-state index is -4.53. The average molecular weight is 335 g/mol. The summed E-state index contributed by atoms with van der Waals surface area (Å²) in [5.41, 5.74) is 0. The second kappa shape index (κ2) is 7.03. The molecule has 6 nitrogen and oxygen atoms in total. The summed E-state index contributed by atoms with van der Waals surface area (Å²) in [7, 11) is 0. The highest BCUT2D eigenvalue weighted by Crippen LogP contribution is 2.29. The highest BCUT2D eigenvalue weighted by atomic mass is 32.2. The molecule has 22 heavy (non-hydrogen) atoms. The molecule has 0 atom stereocenters. The van der Waals surface area contributed by atoms with Gasteiger partial charge in [0.1, 0.15) is 0 Å². The van der Waals surface area contributed by atoms with Crippen molar-refractivity contribution in [2.24, 2.45) is 0 Å². The highest BCUT2D eigenvalue weighted by Gasteiger charge is 2.39. The first-order valence-corrected chi connectivity index (χ1v) is 7.79. The van der Waals surface area contributed by atoms with Crippen molar-refractivity contribution in [3.63, 3.8) is 0 Å². The fourth-order valence-electron chi connectivity index (χ4n) is 2.05. The Morgan fingerprint density at radius 3 is 2.86 bits per heavy atom. The normalized spacial score (nSPS) is 14.6. The van der Waals surface area contributed by atoms with Crippen LogP contribution in [0.2, 0.25) is 0 Å². The topological polar surface area (TPSA) is 63.1 Å². The van der Waals surface area contributed by atoms with Crippen molar-refractivity contribution in [2.75, 3.05) is 24.6 Å². The third-order valence-corrected chi connectivity index (χ3v) is 4.02. The number of amides is 2. The van der Waals surface area contributed by atoms with Gasteiger partial charge in [-0.1, -0.05) is 6.08 Å². The summed E-state index contributed by atoms with van der Waals surface area (Å²) in [4.78, 5) is 13.4.